The monoisotopic (exact) mass is 165 g/mol. The van der Waals surface area contributed by atoms with Gasteiger partial charge in [0.05, 0.1) is 0 Å². The minimum absolute atomic E-state index is 0.477. The second-order valence-electron chi connectivity index (χ2n) is 3.68. The number of nitrogens with two attached hydrogens (primary N) is 1. The maximum atomic E-state index is 5.82. The standard InChI is InChI=1S/C11H19N/c1-2-3-4-5-10-6-8-11(12)9-7-10/h2-4,10-11H,1,5-9,12H2/b4-3+/t10-,11+. The molecule has 1 aliphatic carbocycles. The third-order valence-corrected chi connectivity index (χ3v) is 2.63. The third kappa shape index (κ3) is 3.22. The summed E-state index contributed by atoms with van der Waals surface area (Å²) < 4.78 is 0. The van der Waals surface area contributed by atoms with E-state index in [0.29, 0.717) is 6.04 Å². The number of rotatable bonds is 3. The molecule has 0 saturated heterocycles. The molecule has 1 saturated carbocycles. The molecule has 0 aromatic rings. The zero-order valence-corrected chi connectivity index (χ0v) is 7.71. The van der Waals surface area contributed by atoms with Gasteiger partial charge in [0.2, 0.25) is 0 Å². The van der Waals surface area contributed by atoms with E-state index in [0.717, 1.165) is 5.92 Å². The summed E-state index contributed by atoms with van der Waals surface area (Å²) >= 11 is 0. The quantitative estimate of drug-likeness (QED) is 0.639. The van der Waals surface area contributed by atoms with Gasteiger partial charge >= 0.3 is 0 Å². The first kappa shape index (κ1) is 9.53. The third-order valence-electron chi connectivity index (χ3n) is 2.63. The van der Waals surface area contributed by atoms with Gasteiger partial charge in [0.15, 0.2) is 0 Å². The molecule has 1 heteroatoms. The van der Waals surface area contributed by atoms with Crippen LogP contribution in [-0.4, -0.2) is 6.04 Å². The predicted molar refractivity (Wildman–Crippen MR) is 53.9 cm³/mol. The summed E-state index contributed by atoms with van der Waals surface area (Å²) in [4.78, 5) is 0. The number of hydrogen-bond acceptors (Lipinski definition) is 1. The maximum absolute atomic E-state index is 5.82. The van der Waals surface area contributed by atoms with Crippen LogP contribution in [0.15, 0.2) is 24.8 Å². The molecule has 2 N–H and O–H groups in total. The van der Waals surface area contributed by atoms with Crippen molar-refractivity contribution >= 4 is 0 Å². The van der Waals surface area contributed by atoms with Crippen LogP contribution < -0.4 is 5.73 Å². The second kappa shape index (κ2) is 5.15. The van der Waals surface area contributed by atoms with Crippen LogP contribution in [0.5, 0.6) is 0 Å². The highest BCUT2D eigenvalue weighted by Crippen LogP contribution is 2.25. The first-order valence-electron chi connectivity index (χ1n) is 4.86. The van der Waals surface area contributed by atoms with Gasteiger partial charge in [0, 0.05) is 6.04 Å². The van der Waals surface area contributed by atoms with Gasteiger partial charge < -0.3 is 5.73 Å². The Bertz CT molecular complexity index is 152. The van der Waals surface area contributed by atoms with Crippen molar-refractivity contribution in [2.45, 2.75) is 38.1 Å². The minimum atomic E-state index is 0.477. The highest BCUT2D eigenvalue weighted by Gasteiger charge is 2.16. The smallest absolute Gasteiger partial charge is 0.00390 e. The largest absolute Gasteiger partial charge is 0.328 e. The lowest BCUT2D eigenvalue weighted by molar-refractivity contribution is 0.329. The molecule has 0 bridgehead atoms. The molecule has 0 atom stereocenters. The molecule has 12 heavy (non-hydrogen) atoms. The summed E-state index contributed by atoms with van der Waals surface area (Å²) in [6.45, 7) is 3.65. The molecule has 0 aromatic carbocycles. The first-order chi connectivity index (χ1) is 5.83. The molecule has 0 spiro atoms. The lowest BCUT2D eigenvalue weighted by Crippen LogP contribution is -2.26. The minimum Gasteiger partial charge on any atom is -0.328 e. The molecule has 0 aliphatic heterocycles. The van der Waals surface area contributed by atoms with Crippen molar-refractivity contribution in [2.75, 3.05) is 0 Å². The lowest BCUT2D eigenvalue weighted by Gasteiger charge is -2.24. The summed E-state index contributed by atoms with van der Waals surface area (Å²) in [5.74, 6) is 0.876. The fourth-order valence-corrected chi connectivity index (χ4v) is 1.79. The summed E-state index contributed by atoms with van der Waals surface area (Å²) in [5, 5.41) is 0. The van der Waals surface area contributed by atoms with E-state index >= 15 is 0 Å². The molecule has 0 amide bonds. The van der Waals surface area contributed by atoms with Gasteiger partial charge in [-0.25, -0.2) is 0 Å². The molecule has 1 fully saturated rings. The first-order valence-corrected chi connectivity index (χ1v) is 4.86. The molecule has 1 rings (SSSR count). The molecule has 0 heterocycles. The van der Waals surface area contributed by atoms with Crippen LogP contribution in [0.3, 0.4) is 0 Å². The zero-order valence-electron chi connectivity index (χ0n) is 7.71. The summed E-state index contributed by atoms with van der Waals surface area (Å²) in [6.07, 6.45) is 12.3. The predicted octanol–water partition coefficient (Wildman–Crippen LogP) is 2.64. The van der Waals surface area contributed by atoms with Crippen molar-refractivity contribution in [1.82, 2.24) is 0 Å². The van der Waals surface area contributed by atoms with Gasteiger partial charge in [-0.2, -0.15) is 0 Å². The van der Waals surface area contributed by atoms with Crippen LogP contribution in [0.25, 0.3) is 0 Å². The van der Waals surface area contributed by atoms with Gasteiger partial charge in [-0.15, -0.1) is 0 Å². The van der Waals surface area contributed by atoms with Gasteiger partial charge in [-0.1, -0.05) is 24.8 Å². The molecular weight excluding hydrogens is 146 g/mol. The van der Waals surface area contributed by atoms with Gasteiger partial charge in [0.1, 0.15) is 0 Å². The maximum Gasteiger partial charge on any atom is 0.00390 e. The molecule has 68 valence electrons. The Morgan fingerprint density at radius 3 is 2.50 bits per heavy atom. The van der Waals surface area contributed by atoms with E-state index in [1.807, 2.05) is 12.2 Å². The summed E-state index contributed by atoms with van der Waals surface area (Å²) in [5.41, 5.74) is 5.82. The van der Waals surface area contributed by atoms with E-state index in [2.05, 4.69) is 12.7 Å². The van der Waals surface area contributed by atoms with Crippen molar-refractivity contribution < 1.29 is 0 Å². The topological polar surface area (TPSA) is 26.0 Å². The Hall–Kier alpha value is -0.560. The highest BCUT2D eigenvalue weighted by atomic mass is 14.6. The van der Waals surface area contributed by atoms with Gasteiger partial charge in [-0.3, -0.25) is 0 Å². The van der Waals surface area contributed by atoms with Crippen molar-refractivity contribution in [1.29, 1.82) is 0 Å². The SMILES string of the molecule is C=C/C=C/C[C@H]1CC[C@@H](N)CC1. The van der Waals surface area contributed by atoms with Crippen LogP contribution in [-0.2, 0) is 0 Å². The summed E-state index contributed by atoms with van der Waals surface area (Å²) in [6, 6.07) is 0.477. The fraction of sp³-hybridized carbons (Fsp3) is 0.636. The van der Waals surface area contributed by atoms with Gasteiger partial charge in [0.25, 0.3) is 0 Å². The normalized spacial score (nSPS) is 30.8. The Balaban J connectivity index is 2.17. The van der Waals surface area contributed by atoms with E-state index in [4.69, 9.17) is 5.73 Å². The lowest BCUT2D eigenvalue weighted by atomic mass is 9.84. The van der Waals surface area contributed by atoms with E-state index in [1.54, 1.807) is 0 Å². The van der Waals surface area contributed by atoms with E-state index in [-0.39, 0.29) is 0 Å². The summed E-state index contributed by atoms with van der Waals surface area (Å²) in [7, 11) is 0. The highest BCUT2D eigenvalue weighted by molar-refractivity contribution is 4.98. The van der Waals surface area contributed by atoms with Crippen molar-refractivity contribution in [2.24, 2.45) is 11.7 Å². The number of hydrogen-bond donors (Lipinski definition) is 1. The average molecular weight is 165 g/mol. The Morgan fingerprint density at radius 2 is 1.92 bits per heavy atom. The van der Waals surface area contributed by atoms with Gasteiger partial charge in [-0.05, 0) is 38.0 Å². The Kier molecular flexibility index (Phi) is 4.09. The Morgan fingerprint density at radius 1 is 1.25 bits per heavy atom. The molecule has 0 unspecified atom stereocenters. The van der Waals surface area contributed by atoms with Crippen LogP contribution >= 0.6 is 0 Å². The molecule has 1 nitrogen and oxygen atoms in total. The van der Waals surface area contributed by atoms with Crippen LogP contribution in [0.1, 0.15) is 32.1 Å². The van der Waals surface area contributed by atoms with Crippen molar-refractivity contribution in [3.63, 3.8) is 0 Å². The van der Waals surface area contributed by atoms with E-state index < -0.39 is 0 Å². The van der Waals surface area contributed by atoms with E-state index in [1.165, 1.54) is 32.1 Å². The molecule has 1 aliphatic rings. The van der Waals surface area contributed by atoms with Crippen molar-refractivity contribution in [3.8, 4) is 0 Å². The fourth-order valence-electron chi connectivity index (χ4n) is 1.79. The molecule has 0 aromatic heterocycles. The van der Waals surface area contributed by atoms with Crippen LogP contribution in [0.2, 0.25) is 0 Å². The Labute approximate surface area is 75.3 Å². The van der Waals surface area contributed by atoms with Crippen LogP contribution in [0, 0.1) is 5.92 Å². The van der Waals surface area contributed by atoms with E-state index in [9.17, 15) is 0 Å². The molecule has 0 radical (unpaired) electrons. The second-order valence-corrected chi connectivity index (χ2v) is 3.68. The number of allylic oxidation sites excluding steroid dienone is 3. The molecular formula is C11H19N. The van der Waals surface area contributed by atoms with Crippen LogP contribution in [0.4, 0.5) is 0 Å². The zero-order chi connectivity index (χ0) is 8.81. The average Bonchev–Trinajstić information content (AvgIpc) is 2.09. The van der Waals surface area contributed by atoms with Crippen molar-refractivity contribution in [3.05, 3.63) is 24.8 Å².